The lowest BCUT2D eigenvalue weighted by Gasteiger charge is -2.30. The van der Waals surface area contributed by atoms with Gasteiger partial charge in [-0.2, -0.15) is 4.98 Å². The first-order chi connectivity index (χ1) is 11.6. The minimum atomic E-state index is 0.130. The molecule has 126 valence electrons. The maximum atomic E-state index is 6.17. The van der Waals surface area contributed by atoms with Crippen LogP contribution in [0.15, 0.2) is 23.0 Å². The van der Waals surface area contributed by atoms with Gasteiger partial charge in [0.1, 0.15) is 0 Å². The van der Waals surface area contributed by atoms with E-state index in [-0.39, 0.29) is 6.04 Å². The zero-order valence-electron chi connectivity index (χ0n) is 13.0. The van der Waals surface area contributed by atoms with Gasteiger partial charge in [-0.1, -0.05) is 28.4 Å². The largest absolute Gasteiger partial charge is 0.339 e. The minimum Gasteiger partial charge on any atom is -0.339 e. The van der Waals surface area contributed by atoms with Crippen LogP contribution in [-0.2, 0) is 6.42 Å². The van der Waals surface area contributed by atoms with Crippen LogP contribution in [0.2, 0.25) is 10.0 Å². The fraction of sp³-hybridized carbons (Fsp3) is 0.400. The standard InChI is InChI=1S/C15H16Cl2N6O/c1-22-3-2-18-6-12(22)14-20-13(24-21-14)5-10-8-23-7-9(16)4-11(17)15(23)19-10/h4,7-8,12,18H,2-3,5-6H2,1H3. The fourth-order valence-electron chi connectivity index (χ4n) is 2.88. The normalized spacial score (nSPS) is 19.2. The Morgan fingerprint density at radius 2 is 2.21 bits per heavy atom. The number of nitrogens with one attached hydrogen (secondary N) is 1. The Bertz CT molecular complexity index is 876. The first-order valence-corrected chi connectivity index (χ1v) is 8.42. The van der Waals surface area contributed by atoms with Crippen LogP contribution >= 0.6 is 23.2 Å². The molecule has 1 saturated heterocycles. The van der Waals surface area contributed by atoms with E-state index in [1.54, 1.807) is 16.7 Å². The van der Waals surface area contributed by atoms with Crippen molar-refractivity contribution in [2.24, 2.45) is 0 Å². The molecule has 7 nitrogen and oxygen atoms in total. The van der Waals surface area contributed by atoms with Gasteiger partial charge in [0, 0.05) is 32.0 Å². The van der Waals surface area contributed by atoms with Crippen molar-refractivity contribution in [2.75, 3.05) is 26.7 Å². The van der Waals surface area contributed by atoms with Gasteiger partial charge in [-0.3, -0.25) is 4.90 Å². The van der Waals surface area contributed by atoms with Crippen molar-refractivity contribution in [3.63, 3.8) is 0 Å². The van der Waals surface area contributed by atoms with E-state index in [1.807, 2.05) is 6.20 Å². The second kappa shape index (κ2) is 6.33. The summed E-state index contributed by atoms with van der Waals surface area (Å²) in [7, 11) is 2.06. The molecule has 9 heteroatoms. The van der Waals surface area contributed by atoms with Crippen LogP contribution in [0.3, 0.4) is 0 Å². The zero-order chi connectivity index (χ0) is 16.7. The highest BCUT2D eigenvalue weighted by Crippen LogP contribution is 2.23. The molecule has 0 radical (unpaired) electrons. The molecule has 1 fully saturated rings. The average Bonchev–Trinajstić information content (AvgIpc) is 3.15. The molecule has 0 amide bonds. The molecule has 1 N–H and O–H groups in total. The highest BCUT2D eigenvalue weighted by molar-refractivity contribution is 6.36. The summed E-state index contributed by atoms with van der Waals surface area (Å²) < 4.78 is 7.20. The van der Waals surface area contributed by atoms with E-state index in [2.05, 4.69) is 32.4 Å². The third-order valence-electron chi connectivity index (χ3n) is 4.15. The Morgan fingerprint density at radius 3 is 3.04 bits per heavy atom. The second-order valence-electron chi connectivity index (χ2n) is 5.89. The molecule has 3 aromatic heterocycles. The Balaban J connectivity index is 1.56. The molecule has 1 aliphatic rings. The van der Waals surface area contributed by atoms with Gasteiger partial charge < -0.3 is 14.2 Å². The molecular formula is C15H16Cl2N6O. The van der Waals surface area contributed by atoms with Crippen LogP contribution in [0.5, 0.6) is 0 Å². The third kappa shape index (κ3) is 3.00. The van der Waals surface area contributed by atoms with E-state index in [1.165, 1.54) is 0 Å². The van der Waals surface area contributed by atoms with E-state index >= 15 is 0 Å². The topological polar surface area (TPSA) is 71.5 Å². The first-order valence-electron chi connectivity index (χ1n) is 7.66. The quantitative estimate of drug-likeness (QED) is 0.765. The summed E-state index contributed by atoms with van der Waals surface area (Å²) in [6.07, 6.45) is 4.08. The van der Waals surface area contributed by atoms with Crippen LogP contribution in [0.4, 0.5) is 0 Å². The lowest BCUT2D eigenvalue weighted by atomic mass is 10.2. The van der Waals surface area contributed by atoms with E-state index in [9.17, 15) is 0 Å². The molecule has 24 heavy (non-hydrogen) atoms. The van der Waals surface area contributed by atoms with Crippen molar-refractivity contribution < 1.29 is 4.52 Å². The van der Waals surface area contributed by atoms with E-state index < -0.39 is 0 Å². The summed E-state index contributed by atoms with van der Waals surface area (Å²) in [4.78, 5) is 11.2. The van der Waals surface area contributed by atoms with Crippen LogP contribution < -0.4 is 5.32 Å². The maximum absolute atomic E-state index is 6.17. The summed E-state index contributed by atoms with van der Waals surface area (Å²) >= 11 is 12.2. The summed E-state index contributed by atoms with van der Waals surface area (Å²) in [5.41, 5.74) is 1.46. The molecule has 4 heterocycles. The average molecular weight is 367 g/mol. The van der Waals surface area contributed by atoms with Gasteiger partial charge in [-0.05, 0) is 13.1 Å². The smallest absolute Gasteiger partial charge is 0.232 e. The van der Waals surface area contributed by atoms with Crippen LogP contribution in [-0.4, -0.2) is 51.1 Å². The van der Waals surface area contributed by atoms with Gasteiger partial charge in [0.15, 0.2) is 11.5 Å². The minimum absolute atomic E-state index is 0.130. The zero-order valence-corrected chi connectivity index (χ0v) is 14.5. The van der Waals surface area contributed by atoms with Gasteiger partial charge in [0.25, 0.3) is 0 Å². The molecule has 0 spiro atoms. The molecule has 0 aliphatic carbocycles. The van der Waals surface area contributed by atoms with Crippen molar-refractivity contribution >= 4 is 28.8 Å². The number of imidazole rings is 1. The second-order valence-corrected chi connectivity index (χ2v) is 6.74. The summed E-state index contributed by atoms with van der Waals surface area (Å²) in [6.45, 7) is 2.75. The van der Waals surface area contributed by atoms with Crippen molar-refractivity contribution in [1.29, 1.82) is 0 Å². The summed E-state index contributed by atoms with van der Waals surface area (Å²) in [5, 5.41) is 8.54. The van der Waals surface area contributed by atoms with Crippen molar-refractivity contribution in [2.45, 2.75) is 12.5 Å². The number of likely N-dealkylation sites (N-methyl/N-ethyl adjacent to an activating group) is 1. The number of aromatic nitrogens is 4. The van der Waals surface area contributed by atoms with Crippen LogP contribution in [0.25, 0.3) is 5.65 Å². The highest BCUT2D eigenvalue weighted by atomic mass is 35.5. The first kappa shape index (κ1) is 15.8. The lowest BCUT2D eigenvalue weighted by Crippen LogP contribution is -2.44. The Hall–Kier alpha value is -1.67. The van der Waals surface area contributed by atoms with Crippen molar-refractivity contribution in [1.82, 2.24) is 29.7 Å². The SMILES string of the molecule is CN1CCNCC1c1noc(Cc2cn3cc(Cl)cc(Cl)c3n2)n1. The molecule has 0 bridgehead atoms. The van der Waals surface area contributed by atoms with E-state index in [0.29, 0.717) is 33.8 Å². The van der Waals surface area contributed by atoms with Crippen LogP contribution in [0.1, 0.15) is 23.5 Å². The summed E-state index contributed by atoms with van der Waals surface area (Å²) in [6, 6.07) is 1.80. The van der Waals surface area contributed by atoms with E-state index in [4.69, 9.17) is 27.7 Å². The van der Waals surface area contributed by atoms with Crippen molar-refractivity contribution in [3.05, 3.63) is 45.9 Å². The molecule has 3 aromatic rings. The van der Waals surface area contributed by atoms with Gasteiger partial charge in [0.2, 0.25) is 5.89 Å². The Kier molecular flexibility index (Phi) is 4.17. The number of fused-ring (bicyclic) bond motifs is 1. The number of halogens is 2. The number of rotatable bonds is 3. The van der Waals surface area contributed by atoms with Gasteiger partial charge in [0.05, 0.1) is 28.2 Å². The molecule has 1 unspecified atom stereocenters. The molecule has 4 rings (SSSR count). The van der Waals surface area contributed by atoms with Gasteiger partial charge >= 0.3 is 0 Å². The number of nitrogens with zero attached hydrogens (tertiary/aromatic N) is 5. The van der Waals surface area contributed by atoms with Crippen LogP contribution in [0, 0.1) is 0 Å². The molecule has 0 aromatic carbocycles. The molecule has 0 saturated carbocycles. The molecular weight excluding hydrogens is 351 g/mol. The number of piperazine rings is 1. The Morgan fingerprint density at radius 1 is 1.33 bits per heavy atom. The van der Waals surface area contributed by atoms with Gasteiger partial charge in [-0.25, -0.2) is 4.98 Å². The molecule has 1 atom stereocenters. The monoisotopic (exact) mass is 366 g/mol. The summed E-state index contributed by atoms with van der Waals surface area (Å²) in [5.74, 6) is 1.24. The van der Waals surface area contributed by atoms with Gasteiger partial charge in [-0.15, -0.1) is 0 Å². The maximum Gasteiger partial charge on any atom is 0.232 e. The van der Waals surface area contributed by atoms with E-state index in [0.717, 1.165) is 25.3 Å². The van der Waals surface area contributed by atoms with Crippen molar-refractivity contribution in [3.8, 4) is 0 Å². The number of hydrogen-bond donors (Lipinski definition) is 1. The number of pyridine rings is 1. The number of hydrogen-bond acceptors (Lipinski definition) is 6. The Labute approximate surface area is 148 Å². The highest BCUT2D eigenvalue weighted by Gasteiger charge is 2.25. The lowest BCUT2D eigenvalue weighted by molar-refractivity contribution is 0.190. The molecule has 1 aliphatic heterocycles. The predicted molar refractivity (Wildman–Crippen MR) is 90.6 cm³/mol. The fourth-order valence-corrected chi connectivity index (χ4v) is 3.41. The third-order valence-corrected chi connectivity index (χ3v) is 4.63. The predicted octanol–water partition coefficient (Wildman–Crippen LogP) is 2.19.